The highest BCUT2D eigenvalue weighted by atomic mass is 79.9. The van der Waals surface area contributed by atoms with Crippen molar-refractivity contribution in [2.24, 2.45) is 0 Å². The molecule has 8 heteroatoms. The Morgan fingerprint density at radius 3 is 2.86 bits per heavy atom. The highest BCUT2D eigenvalue weighted by molar-refractivity contribution is 9.10. The molecule has 0 radical (unpaired) electrons. The molecule has 0 aromatic carbocycles. The van der Waals surface area contributed by atoms with Gasteiger partial charge < -0.3 is 9.73 Å². The Morgan fingerprint density at radius 2 is 2.24 bits per heavy atom. The average molecular weight is 393 g/mol. The molecule has 0 fully saturated rings. The molecular weight excluding hydrogens is 376 g/mol. The fraction of sp³-hybridized carbons (Fsp3) is 0.385. The molecule has 0 saturated heterocycles. The van der Waals surface area contributed by atoms with Crippen LogP contribution in [-0.4, -0.2) is 26.3 Å². The number of furan rings is 1. The summed E-state index contributed by atoms with van der Waals surface area (Å²) >= 11 is 4.74. The molecule has 5 nitrogen and oxygen atoms in total. The smallest absolute Gasteiger partial charge is 0.247 e. The highest BCUT2D eigenvalue weighted by Crippen LogP contribution is 2.29. The van der Waals surface area contributed by atoms with Crippen LogP contribution in [0.25, 0.3) is 0 Å². The minimum atomic E-state index is -3.58. The first kappa shape index (κ1) is 16.7. The molecule has 0 saturated carbocycles. The van der Waals surface area contributed by atoms with E-state index in [1.54, 1.807) is 24.5 Å². The van der Waals surface area contributed by atoms with Crippen molar-refractivity contribution in [3.05, 3.63) is 38.9 Å². The third kappa shape index (κ3) is 3.95. The Hall–Kier alpha value is -0.670. The van der Waals surface area contributed by atoms with E-state index in [-0.39, 0.29) is 9.56 Å². The third-order valence-corrected chi connectivity index (χ3v) is 6.32. The number of rotatable bonds is 7. The van der Waals surface area contributed by atoms with Gasteiger partial charge in [0.2, 0.25) is 10.0 Å². The van der Waals surface area contributed by atoms with Crippen LogP contribution in [0.3, 0.4) is 0 Å². The van der Waals surface area contributed by atoms with Gasteiger partial charge in [-0.1, -0.05) is 6.92 Å². The second-order valence-corrected chi connectivity index (χ2v) is 8.04. The van der Waals surface area contributed by atoms with Crippen LogP contribution in [-0.2, 0) is 23.1 Å². The maximum Gasteiger partial charge on any atom is 0.247 e. The Morgan fingerprint density at radius 1 is 1.48 bits per heavy atom. The molecule has 2 rings (SSSR count). The van der Waals surface area contributed by atoms with Gasteiger partial charge in [0.25, 0.3) is 0 Å². The van der Waals surface area contributed by atoms with E-state index in [0.29, 0.717) is 18.8 Å². The zero-order valence-corrected chi connectivity index (χ0v) is 15.0. The van der Waals surface area contributed by atoms with E-state index in [2.05, 4.69) is 21.2 Å². The maximum absolute atomic E-state index is 12.6. The highest BCUT2D eigenvalue weighted by Gasteiger charge is 2.27. The topological polar surface area (TPSA) is 62.6 Å². The molecule has 0 spiro atoms. The molecular formula is C13H17BrN2O3S2. The van der Waals surface area contributed by atoms with Crippen LogP contribution in [0.4, 0.5) is 0 Å². The van der Waals surface area contributed by atoms with Gasteiger partial charge in [-0.25, -0.2) is 8.42 Å². The summed E-state index contributed by atoms with van der Waals surface area (Å²) in [5.74, 6) is 0.589. The number of nitrogens with one attached hydrogen (secondary N) is 1. The van der Waals surface area contributed by atoms with Crippen LogP contribution in [0.2, 0.25) is 0 Å². The van der Waals surface area contributed by atoms with Gasteiger partial charge in [0.05, 0.1) is 6.54 Å². The van der Waals surface area contributed by atoms with Crippen molar-refractivity contribution in [1.29, 1.82) is 0 Å². The first-order chi connectivity index (χ1) is 9.95. The molecule has 116 valence electrons. The fourth-order valence-electron chi connectivity index (χ4n) is 1.80. The molecule has 0 unspecified atom stereocenters. The zero-order valence-electron chi connectivity index (χ0n) is 11.8. The molecule has 1 N–H and O–H groups in total. The van der Waals surface area contributed by atoms with Crippen LogP contribution >= 0.6 is 27.3 Å². The zero-order chi connectivity index (χ0) is 15.5. The number of nitrogens with zero attached hydrogens (tertiary/aromatic N) is 1. The number of thiophene rings is 1. The second-order valence-electron chi connectivity index (χ2n) is 4.52. The van der Waals surface area contributed by atoms with Crippen LogP contribution in [0, 0.1) is 0 Å². The molecule has 2 heterocycles. The summed E-state index contributed by atoms with van der Waals surface area (Å²) < 4.78 is 32.2. The Labute approximate surface area is 137 Å². The molecule has 0 amide bonds. The van der Waals surface area contributed by atoms with Crippen molar-refractivity contribution in [1.82, 2.24) is 9.62 Å². The largest absolute Gasteiger partial charge is 0.452 e. The lowest BCUT2D eigenvalue weighted by Gasteiger charge is -2.15. The van der Waals surface area contributed by atoms with Crippen LogP contribution in [0.5, 0.6) is 0 Å². The lowest BCUT2D eigenvalue weighted by Crippen LogP contribution is -2.26. The van der Waals surface area contributed by atoms with Crippen LogP contribution in [0.1, 0.15) is 18.2 Å². The number of hydrogen-bond acceptors (Lipinski definition) is 5. The number of halogens is 1. The van der Waals surface area contributed by atoms with Gasteiger partial charge in [0.1, 0.15) is 10.7 Å². The molecule has 0 aliphatic rings. The lowest BCUT2D eigenvalue weighted by atomic mass is 10.3. The summed E-state index contributed by atoms with van der Waals surface area (Å²) in [4.78, 5) is 0.160. The molecule has 0 atom stereocenters. The van der Waals surface area contributed by atoms with Gasteiger partial charge in [0, 0.05) is 19.7 Å². The van der Waals surface area contributed by atoms with Gasteiger partial charge in [-0.05, 0) is 44.9 Å². The Bertz CT molecular complexity index is 680. The number of hydrogen-bond donors (Lipinski definition) is 1. The first-order valence-corrected chi connectivity index (χ1v) is 9.59. The first-order valence-electron chi connectivity index (χ1n) is 6.41. The summed E-state index contributed by atoms with van der Waals surface area (Å²) in [5.41, 5.74) is 0.971. The van der Waals surface area contributed by atoms with Crippen molar-refractivity contribution in [3.63, 3.8) is 0 Å². The van der Waals surface area contributed by atoms with Crippen LogP contribution in [0.15, 0.2) is 36.9 Å². The summed E-state index contributed by atoms with van der Waals surface area (Å²) in [6.45, 7) is 3.60. The minimum Gasteiger partial charge on any atom is -0.452 e. The van der Waals surface area contributed by atoms with E-state index in [9.17, 15) is 8.42 Å². The van der Waals surface area contributed by atoms with Crippen molar-refractivity contribution in [2.45, 2.75) is 24.9 Å². The molecule has 0 aliphatic carbocycles. The third-order valence-electron chi connectivity index (χ3n) is 2.93. The lowest BCUT2D eigenvalue weighted by molar-refractivity contribution is 0.452. The molecule has 21 heavy (non-hydrogen) atoms. The standard InChI is InChI=1S/C13H17BrN2O3S2/c1-3-15-7-11-6-12(13(14)19-11)21(17,18)16(2)8-10-4-5-20-9-10/h4-6,9,15H,3,7-8H2,1-2H3. The molecule has 2 aromatic heterocycles. The summed E-state index contributed by atoms with van der Waals surface area (Å²) in [6.07, 6.45) is 0. The van der Waals surface area contributed by atoms with Crippen molar-refractivity contribution in [2.75, 3.05) is 13.6 Å². The summed E-state index contributed by atoms with van der Waals surface area (Å²) in [5, 5.41) is 6.97. The van der Waals surface area contributed by atoms with E-state index in [1.165, 1.54) is 4.31 Å². The van der Waals surface area contributed by atoms with E-state index in [4.69, 9.17) is 4.42 Å². The maximum atomic E-state index is 12.6. The monoisotopic (exact) mass is 392 g/mol. The van der Waals surface area contributed by atoms with E-state index < -0.39 is 10.0 Å². The Kier molecular flexibility index (Phi) is 5.61. The van der Waals surface area contributed by atoms with Crippen molar-refractivity contribution in [3.8, 4) is 0 Å². The predicted molar refractivity (Wildman–Crippen MR) is 86.8 cm³/mol. The van der Waals surface area contributed by atoms with Crippen molar-refractivity contribution >= 4 is 37.3 Å². The number of sulfonamides is 1. The van der Waals surface area contributed by atoms with E-state index in [0.717, 1.165) is 12.1 Å². The second kappa shape index (κ2) is 7.06. The SMILES string of the molecule is CCNCc1cc(S(=O)(=O)N(C)Cc2ccsc2)c(Br)o1. The fourth-order valence-corrected chi connectivity index (χ4v) is 4.58. The van der Waals surface area contributed by atoms with Crippen molar-refractivity contribution < 1.29 is 12.8 Å². The predicted octanol–water partition coefficient (Wildman–Crippen LogP) is 3.03. The van der Waals surface area contributed by atoms with Gasteiger partial charge in [-0.3, -0.25) is 0 Å². The Balaban J connectivity index is 2.20. The minimum absolute atomic E-state index is 0.160. The van der Waals surface area contributed by atoms with E-state index in [1.807, 2.05) is 23.8 Å². The quantitative estimate of drug-likeness (QED) is 0.786. The van der Waals surface area contributed by atoms with Gasteiger partial charge in [-0.2, -0.15) is 15.6 Å². The molecule has 0 bridgehead atoms. The van der Waals surface area contributed by atoms with E-state index >= 15 is 0 Å². The average Bonchev–Trinajstić information content (AvgIpc) is 3.06. The van der Waals surface area contributed by atoms with Gasteiger partial charge in [0.15, 0.2) is 4.67 Å². The van der Waals surface area contributed by atoms with Crippen LogP contribution < -0.4 is 5.32 Å². The molecule has 0 aliphatic heterocycles. The molecule has 2 aromatic rings. The van der Waals surface area contributed by atoms with Gasteiger partial charge in [-0.15, -0.1) is 0 Å². The summed E-state index contributed by atoms with van der Waals surface area (Å²) in [7, 11) is -2.01. The summed E-state index contributed by atoms with van der Waals surface area (Å²) in [6, 6.07) is 3.48. The van der Waals surface area contributed by atoms with Gasteiger partial charge >= 0.3 is 0 Å². The normalized spacial score (nSPS) is 12.2.